The van der Waals surface area contributed by atoms with Crippen molar-refractivity contribution in [2.75, 3.05) is 11.9 Å². The van der Waals surface area contributed by atoms with Crippen molar-refractivity contribution >= 4 is 23.3 Å². The molecule has 0 aliphatic heterocycles. The number of benzene rings is 1. The lowest BCUT2D eigenvalue weighted by Gasteiger charge is -2.08. The number of amides is 2. The second-order valence-electron chi connectivity index (χ2n) is 5.65. The Morgan fingerprint density at radius 1 is 1.35 bits per heavy atom. The highest BCUT2D eigenvalue weighted by Crippen LogP contribution is 2.35. The molecular weight excluding hydrogens is 342 g/mol. The maximum absolute atomic E-state index is 12.1. The third-order valence-electron chi connectivity index (χ3n) is 4.05. The molecule has 0 atom stereocenters. The summed E-state index contributed by atoms with van der Waals surface area (Å²) in [5.41, 5.74) is 4.13. The summed E-state index contributed by atoms with van der Waals surface area (Å²) in [4.78, 5) is 41.2. The first-order chi connectivity index (χ1) is 12.0. The number of carboxylic acids is 1. The van der Waals surface area contributed by atoms with Crippen LogP contribution in [0.1, 0.15) is 11.3 Å². The van der Waals surface area contributed by atoms with Gasteiger partial charge >= 0.3 is 12.0 Å². The molecule has 0 saturated heterocycles. The van der Waals surface area contributed by atoms with Crippen LogP contribution in [0.4, 0.5) is 10.5 Å². The molecule has 2 heterocycles. The number of hydrogen-bond acceptors (Lipinski definition) is 4. The molecular formula is C16H15N5O5. The van der Waals surface area contributed by atoms with Gasteiger partial charge in [-0.25, -0.2) is 9.78 Å². The van der Waals surface area contributed by atoms with Gasteiger partial charge in [-0.15, -0.1) is 0 Å². The summed E-state index contributed by atoms with van der Waals surface area (Å²) < 4.78 is 1.76. The minimum Gasteiger partial charge on any atom is -0.480 e. The highest BCUT2D eigenvalue weighted by atomic mass is 16.4. The number of rotatable bonds is 3. The lowest BCUT2D eigenvalue weighted by Crippen LogP contribution is -2.33. The number of anilines is 1. The van der Waals surface area contributed by atoms with Gasteiger partial charge in [0.2, 0.25) is 5.65 Å². The molecule has 0 unspecified atom stereocenters. The van der Waals surface area contributed by atoms with Crippen molar-refractivity contribution in [1.29, 1.82) is 0 Å². The number of H-pyrrole nitrogens is 1. The monoisotopic (exact) mass is 357 g/mol. The third kappa shape index (κ3) is 2.78. The number of aromatic nitrogens is 3. The second kappa shape index (κ2) is 6.33. The van der Waals surface area contributed by atoms with Gasteiger partial charge in [-0.2, -0.15) is 0 Å². The first-order valence-electron chi connectivity index (χ1n) is 7.51. The van der Waals surface area contributed by atoms with Gasteiger partial charge in [-0.05, 0) is 17.7 Å². The number of nitrogens with one attached hydrogen (secondary N) is 3. The quantitative estimate of drug-likeness (QED) is 0.404. The molecule has 0 saturated carbocycles. The normalized spacial score (nSPS) is 11.4. The Morgan fingerprint density at radius 3 is 2.92 bits per heavy atom. The fraction of sp³-hybridized carbons (Fsp3) is 0.125. The van der Waals surface area contributed by atoms with Crippen LogP contribution in [0.3, 0.4) is 0 Å². The Bertz CT molecular complexity index is 1080. The van der Waals surface area contributed by atoms with E-state index in [1.54, 1.807) is 28.9 Å². The zero-order chi connectivity index (χ0) is 17.6. The average molecular weight is 357 g/mol. The minimum absolute atomic E-state index is 0. The summed E-state index contributed by atoms with van der Waals surface area (Å²) in [5, 5.41) is 13.4. The van der Waals surface area contributed by atoms with E-state index in [2.05, 4.69) is 20.6 Å². The Balaban J connectivity index is 0.00000196. The van der Waals surface area contributed by atoms with Gasteiger partial charge in [-0.1, -0.05) is 6.07 Å². The van der Waals surface area contributed by atoms with Crippen molar-refractivity contribution < 1.29 is 20.2 Å². The molecule has 1 aliphatic rings. The number of urea groups is 1. The van der Waals surface area contributed by atoms with Crippen LogP contribution in [-0.4, -0.2) is 43.5 Å². The molecule has 134 valence electrons. The fourth-order valence-electron chi connectivity index (χ4n) is 3.02. The fourth-order valence-corrected chi connectivity index (χ4v) is 3.02. The van der Waals surface area contributed by atoms with Crippen LogP contribution in [-0.2, 0) is 11.2 Å². The summed E-state index contributed by atoms with van der Waals surface area (Å²) in [6.07, 6.45) is 3.90. The van der Waals surface area contributed by atoms with Crippen LogP contribution in [0.5, 0.6) is 0 Å². The Labute approximate surface area is 145 Å². The number of nitrogens with zero attached hydrogens (tertiary/aromatic N) is 2. The first-order valence-corrected chi connectivity index (χ1v) is 7.51. The topological polar surface area (TPSA) is 160 Å². The van der Waals surface area contributed by atoms with Crippen LogP contribution in [0.25, 0.3) is 16.9 Å². The molecule has 4 rings (SSSR count). The van der Waals surface area contributed by atoms with Crippen LogP contribution < -0.4 is 16.2 Å². The van der Waals surface area contributed by atoms with E-state index in [9.17, 15) is 14.4 Å². The summed E-state index contributed by atoms with van der Waals surface area (Å²) in [6, 6.07) is 4.72. The summed E-state index contributed by atoms with van der Waals surface area (Å²) in [6.45, 7) is -0.456. The molecule has 10 heteroatoms. The first kappa shape index (κ1) is 17.2. The van der Waals surface area contributed by atoms with Gasteiger partial charge in [0.1, 0.15) is 6.54 Å². The number of carboxylic acid groups (broad SMARTS) is 1. The molecule has 26 heavy (non-hydrogen) atoms. The van der Waals surface area contributed by atoms with Crippen molar-refractivity contribution in [1.82, 2.24) is 19.7 Å². The number of hydrogen-bond donors (Lipinski definition) is 4. The van der Waals surface area contributed by atoms with Crippen LogP contribution in [0.15, 0.2) is 35.4 Å². The predicted molar refractivity (Wildman–Crippen MR) is 92.3 cm³/mol. The lowest BCUT2D eigenvalue weighted by molar-refractivity contribution is -0.135. The van der Waals surface area contributed by atoms with E-state index in [1.807, 2.05) is 6.07 Å². The Kier molecular flexibility index (Phi) is 4.18. The number of fused-ring (bicyclic) bond motifs is 5. The summed E-state index contributed by atoms with van der Waals surface area (Å²) in [7, 11) is 0. The van der Waals surface area contributed by atoms with Gasteiger partial charge in [0.25, 0.3) is 5.56 Å². The summed E-state index contributed by atoms with van der Waals surface area (Å²) in [5.74, 6) is -1.12. The number of aliphatic carboxylic acids is 1. The molecule has 0 bridgehead atoms. The Morgan fingerprint density at radius 2 is 2.15 bits per heavy atom. The van der Waals surface area contributed by atoms with Crippen molar-refractivity contribution in [2.24, 2.45) is 0 Å². The molecule has 6 N–H and O–H groups in total. The van der Waals surface area contributed by atoms with Crippen molar-refractivity contribution in [3.05, 3.63) is 52.2 Å². The van der Waals surface area contributed by atoms with E-state index in [1.165, 1.54) is 0 Å². The van der Waals surface area contributed by atoms with Gasteiger partial charge < -0.3 is 26.2 Å². The van der Waals surface area contributed by atoms with Crippen LogP contribution in [0.2, 0.25) is 0 Å². The molecule has 0 fully saturated rings. The maximum atomic E-state index is 12.1. The van der Waals surface area contributed by atoms with Crippen LogP contribution in [0, 0.1) is 0 Å². The lowest BCUT2D eigenvalue weighted by atomic mass is 10.1. The molecule has 3 aromatic rings. The zero-order valence-corrected chi connectivity index (χ0v) is 13.4. The summed E-state index contributed by atoms with van der Waals surface area (Å²) >= 11 is 0. The van der Waals surface area contributed by atoms with E-state index >= 15 is 0 Å². The SMILES string of the molecule is O.O=C(O)CNC(=O)Nc1ccc2c(c1)Cc1c-2[nH]c(=O)c2nccn12. The highest BCUT2D eigenvalue weighted by molar-refractivity contribution is 5.92. The number of aromatic amines is 1. The van der Waals surface area contributed by atoms with Crippen molar-refractivity contribution in [3.8, 4) is 11.3 Å². The van der Waals surface area contributed by atoms with Gasteiger partial charge in [0, 0.05) is 30.1 Å². The molecule has 0 spiro atoms. The minimum atomic E-state index is -1.12. The van der Waals surface area contributed by atoms with Gasteiger partial charge in [0.05, 0.1) is 11.4 Å². The largest absolute Gasteiger partial charge is 0.480 e. The maximum Gasteiger partial charge on any atom is 0.323 e. The molecule has 1 aromatic carbocycles. The second-order valence-corrected chi connectivity index (χ2v) is 5.65. The van der Waals surface area contributed by atoms with E-state index in [0.717, 1.165) is 22.5 Å². The standard InChI is InChI=1S/C16H13N5O4.H2O/c22-12(23)7-18-16(25)19-9-1-2-10-8(5-9)6-11-13(10)20-15(24)14-17-3-4-21(11)14;/h1-5H,6-7H2,(H,20,24)(H,22,23)(H2,18,19,25);1H2. The van der Waals surface area contributed by atoms with Gasteiger partial charge in [-0.3, -0.25) is 14.0 Å². The molecule has 0 radical (unpaired) electrons. The molecule has 1 aliphatic carbocycles. The molecule has 10 nitrogen and oxygen atoms in total. The zero-order valence-electron chi connectivity index (χ0n) is 13.4. The smallest absolute Gasteiger partial charge is 0.323 e. The van der Waals surface area contributed by atoms with Crippen molar-refractivity contribution in [3.63, 3.8) is 0 Å². The molecule has 2 aromatic heterocycles. The van der Waals surface area contributed by atoms with E-state index in [-0.39, 0.29) is 11.0 Å². The predicted octanol–water partition coefficient (Wildman–Crippen LogP) is -0.0248. The Hall–Kier alpha value is -3.66. The highest BCUT2D eigenvalue weighted by Gasteiger charge is 2.23. The van der Waals surface area contributed by atoms with Crippen LogP contribution >= 0.6 is 0 Å². The number of imidazole rings is 1. The molecule has 2 amide bonds. The van der Waals surface area contributed by atoms with E-state index in [0.29, 0.717) is 17.8 Å². The third-order valence-corrected chi connectivity index (χ3v) is 4.05. The van der Waals surface area contributed by atoms with E-state index < -0.39 is 18.5 Å². The van der Waals surface area contributed by atoms with E-state index in [4.69, 9.17) is 5.11 Å². The number of carbonyl (C=O) groups excluding carboxylic acids is 1. The van der Waals surface area contributed by atoms with Gasteiger partial charge in [0.15, 0.2) is 0 Å². The average Bonchev–Trinajstić information content (AvgIpc) is 3.18. The number of carbonyl (C=O) groups is 2. The van der Waals surface area contributed by atoms with Crippen molar-refractivity contribution in [2.45, 2.75) is 6.42 Å².